The molecule has 2 aliphatic carbocycles. The van der Waals surface area contributed by atoms with Crippen LogP contribution < -0.4 is 0 Å². The van der Waals surface area contributed by atoms with E-state index >= 15 is 0 Å². The molecule has 3 atom stereocenters. The molecule has 0 aliphatic heterocycles. The molecule has 1 aromatic carbocycles. The van der Waals surface area contributed by atoms with Crippen molar-refractivity contribution in [2.75, 3.05) is 0 Å². The number of phenolic OH excluding ortho intramolecular Hbond substituents is 1. The Kier molecular flexibility index (Phi) is 3.36. The Hall–Kier alpha value is -1.03. The van der Waals surface area contributed by atoms with Gasteiger partial charge in [-0.1, -0.05) is 36.7 Å². The third-order valence-corrected chi connectivity index (χ3v) is 6.64. The molecule has 3 nitrogen and oxygen atoms in total. The molecule has 114 valence electrons. The van der Waals surface area contributed by atoms with Gasteiger partial charge in [0.15, 0.2) is 0 Å². The summed E-state index contributed by atoms with van der Waals surface area (Å²) in [5, 5.41) is 9.86. The van der Waals surface area contributed by atoms with Crippen molar-refractivity contribution < 1.29 is 14.6 Å². The predicted molar refractivity (Wildman–Crippen MR) is 84.2 cm³/mol. The maximum Gasteiger partial charge on any atom is 0.342 e. The van der Waals surface area contributed by atoms with Gasteiger partial charge in [-0.15, -0.1) is 0 Å². The topological polar surface area (TPSA) is 46.5 Å². The first-order valence-corrected chi connectivity index (χ1v) is 8.24. The number of carbonyl (C=O) groups is 1. The monoisotopic (exact) mass is 352 g/mol. The van der Waals surface area contributed by atoms with Crippen LogP contribution >= 0.6 is 15.9 Å². The minimum absolute atomic E-state index is 0.0317. The molecule has 2 bridgehead atoms. The van der Waals surface area contributed by atoms with E-state index in [1.165, 1.54) is 12.5 Å². The number of phenols is 1. The molecule has 0 spiro atoms. The van der Waals surface area contributed by atoms with Gasteiger partial charge in [0.2, 0.25) is 0 Å². The Morgan fingerprint density at radius 2 is 2.10 bits per heavy atom. The second-order valence-electron chi connectivity index (χ2n) is 7.17. The first-order chi connectivity index (χ1) is 9.75. The van der Waals surface area contributed by atoms with Crippen molar-refractivity contribution in [2.45, 2.75) is 46.1 Å². The van der Waals surface area contributed by atoms with E-state index in [0.29, 0.717) is 5.92 Å². The van der Waals surface area contributed by atoms with Crippen LogP contribution in [0.25, 0.3) is 0 Å². The molecule has 4 heteroatoms. The van der Waals surface area contributed by atoms with Gasteiger partial charge < -0.3 is 9.84 Å². The summed E-state index contributed by atoms with van der Waals surface area (Å²) in [5.74, 6) is 0.163. The number of carbonyl (C=O) groups excluding carboxylic acids is 1. The molecule has 2 aliphatic rings. The van der Waals surface area contributed by atoms with Gasteiger partial charge in [0.25, 0.3) is 0 Å². The number of aromatic hydroxyl groups is 1. The predicted octanol–water partition coefficient (Wildman–Crippen LogP) is 4.53. The Morgan fingerprint density at radius 3 is 2.67 bits per heavy atom. The molecular weight excluding hydrogens is 332 g/mol. The summed E-state index contributed by atoms with van der Waals surface area (Å²) in [4.78, 5) is 12.4. The Morgan fingerprint density at radius 1 is 1.38 bits per heavy atom. The van der Waals surface area contributed by atoms with Crippen LogP contribution in [0.1, 0.15) is 50.4 Å². The van der Waals surface area contributed by atoms with Crippen molar-refractivity contribution in [3.8, 4) is 5.75 Å². The fourth-order valence-electron chi connectivity index (χ4n) is 4.17. The summed E-state index contributed by atoms with van der Waals surface area (Å²) in [7, 11) is 0. The molecule has 1 N–H and O–H groups in total. The van der Waals surface area contributed by atoms with Crippen molar-refractivity contribution >= 4 is 21.9 Å². The van der Waals surface area contributed by atoms with Crippen LogP contribution in [-0.4, -0.2) is 17.2 Å². The summed E-state index contributed by atoms with van der Waals surface area (Å²) in [6.07, 6.45) is 3.20. The summed E-state index contributed by atoms with van der Waals surface area (Å²) in [6.45, 7) is 6.81. The minimum Gasteiger partial charge on any atom is -0.507 e. The lowest BCUT2D eigenvalue weighted by molar-refractivity contribution is -0.0244. The average Bonchev–Trinajstić information content (AvgIpc) is 2.74. The fraction of sp³-hybridized carbons (Fsp3) is 0.588. The van der Waals surface area contributed by atoms with Gasteiger partial charge in [-0.25, -0.2) is 4.79 Å². The lowest BCUT2D eigenvalue weighted by atomic mass is 9.70. The molecule has 0 saturated heterocycles. The van der Waals surface area contributed by atoms with Crippen LogP contribution in [0, 0.1) is 16.7 Å². The van der Waals surface area contributed by atoms with Crippen molar-refractivity contribution in [1.29, 1.82) is 0 Å². The van der Waals surface area contributed by atoms with E-state index in [-0.39, 0.29) is 28.2 Å². The SMILES string of the molecule is CC1(C)C2CCC1(C)C(OC(=O)c1cc(Br)ccc1O)C2. The molecule has 21 heavy (non-hydrogen) atoms. The molecule has 0 radical (unpaired) electrons. The number of ether oxygens (including phenoxy) is 1. The van der Waals surface area contributed by atoms with Gasteiger partial charge >= 0.3 is 5.97 Å². The molecule has 3 unspecified atom stereocenters. The van der Waals surface area contributed by atoms with Crippen LogP contribution in [0.3, 0.4) is 0 Å². The van der Waals surface area contributed by atoms with Crippen molar-refractivity contribution in [1.82, 2.24) is 0 Å². The zero-order chi connectivity index (χ0) is 15.4. The molecule has 0 heterocycles. The second-order valence-corrected chi connectivity index (χ2v) is 8.08. The minimum atomic E-state index is -0.427. The highest BCUT2D eigenvalue weighted by Gasteiger charge is 2.62. The third kappa shape index (κ3) is 2.10. The largest absolute Gasteiger partial charge is 0.507 e. The second kappa shape index (κ2) is 4.73. The Labute approximate surface area is 133 Å². The standard InChI is InChI=1S/C17H21BrO3/c1-16(2)10-6-7-17(16,3)14(8-10)21-15(20)12-9-11(18)4-5-13(12)19/h4-5,9-10,14,19H,6-8H2,1-3H3. The number of halogens is 1. The molecule has 2 saturated carbocycles. The van der Waals surface area contributed by atoms with Gasteiger partial charge in [-0.05, 0) is 48.8 Å². The highest BCUT2D eigenvalue weighted by Crippen LogP contribution is 2.66. The summed E-state index contributed by atoms with van der Waals surface area (Å²) < 4.78 is 6.54. The van der Waals surface area contributed by atoms with E-state index in [1.807, 2.05) is 0 Å². The number of fused-ring (bicyclic) bond motifs is 2. The highest BCUT2D eigenvalue weighted by molar-refractivity contribution is 9.10. The van der Waals surface area contributed by atoms with Gasteiger partial charge in [0.05, 0.1) is 0 Å². The maximum absolute atomic E-state index is 12.4. The zero-order valence-electron chi connectivity index (χ0n) is 12.6. The van der Waals surface area contributed by atoms with Crippen LogP contribution in [-0.2, 0) is 4.74 Å². The smallest absolute Gasteiger partial charge is 0.342 e. The van der Waals surface area contributed by atoms with Gasteiger partial charge in [-0.3, -0.25) is 0 Å². The van der Waals surface area contributed by atoms with Crippen LogP contribution in [0.5, 0.6) is 5.75 Å². The van der Waals surface area contributed by atoms with Gasteiger partial charge in [0, 0.05) is 9.89 Å². The lowest BCUT2D eigenvalue weighted by Gasteiger charge is -2.38. The van der Waals surface area contributed by atoms with Gasteiger partial charge in [0.1, 0.15) is 17.4 Å². The normalized spacial score (nSPS) is 33.1. The number of rotatable bonds is 2. The number of hydrogen-bond donors (Lipinski definition) is 1. The third-order valence-electron chi connectivity index (χ3n) is 6.14. The molecular formula is C17H21BrO3. The number of benzene rings is 1. The first kappa shape index (κ1) is 14.9. The highest BCUT2D eigenvalue weighted by atomic mass is 79.9. The number of hydrogen-bond acceptors (Lipinski definition) is 3. The van der Waals surface area contributed by atoms with E-state index in [4.69, 9.17) is 4.74 Å². The van der Waals surface area contributed by atoms with Crippen molar-refractivity contribution in [3.05, 3.63) is 28.2 Å². The molecule has 0 aromatic heterocycles. The zero-order valence-corrected chi connectivity index (χ0v) is 14.2. The molecule has 2 fully saturated rings. The van der Waals surface area contributed by atoms with Crippen LogP contribution in [0.15, 0.2) is 22.7 Å². The molecule has 3 rings (SSSR count). The van der Waals surface area contributed by atoms with E-state index in [1.54, 1.807) is 12.1 Å². The maximum atomic E-state index is 12.4. The van der Waals surface area contributed by atoms with E-state index in [0.717, 1.165) is 17.3 Å². The lowest BCUT2D eigenvalue weighted by Crippen LogP contribution is -2.38. The van der Waals surface area contributed by atoms with E-state index < -0.39 is 5.97 Å². The average molecular weight is 353 g/mol. The van der Waals surface area contributed by atoms with Crippen molar-refractivity contribution in [2.24, 2.45) is 16.7 Å². The Bertz CT molecular complexity index is 596. The van der Waals surface area contributed by atoms with E-state index in [9.17, 15) is 9.90 Å². The number of esters is 1. The fourth-order valence-corrected chi connectivity index (χ4v) is 4.53. The summed E-state index contributed by atoms with van der Waals surface area (Å²) in [5.41, 5.74) is 0.472. The van der Waals surface area contributed by atoms with Crippen LogP contribution in [0.4, 0.5) is 0 Å². The first-order valence-electron chi connectivity index (χ1n) is 7.45. The van der Waals surface area contributed by atoms with Gasteiger partial charge in [-0.2, -0.15) is 0 Å². The van der Waals surface area contributed by atoms with Crippen molar-refractivity contribution in [3.63, 3.8) is 0 Å². The molecule has 1 aromatic rings. The summed E-state index contributed by atoms with van der Waals surface area (Å²) in [6, 6.07) is 4.82. The van der Waals surface area contributed by atoms with E-state index in [2.05, 4.69) is 36.7 Å². The quantitative estimate of drug-likeness (QED) is 0.795. The molecule has 0 amide bonds. The van der Waals surface area contributed by atoms with Crippen LogP contribution in [0.2, 0.25) is 0 Å². The Balaban J connectivity index is 1.82. The summed E-state index contributed by atoms with van der Waals surface area (Å²) >= 11 is 3.32.